The monoisotopic (exact) mass is 451 g/mol. The van der Waals surface area contributed by atoms with Crippen molar-refractivity contribution in [3.8, 4) is 0 Å². The van der Waals surface area contributed by atoms with Crippen LogP contribution in [-0.2, 0) is 19.6 Å². The first-order valence-corrected chi connectivity index (χ1v) is 12.0. The van der Waals surface area contributed by atoms with Gasteiger partial charge in [-0.15, -0.1) is 0 Å². The van der Waals surface area contributed by atoms with Crippen LogP contribution in [0.5, 0.6) is 0 Å². The van der Waals surface area contributed by atoms with Gasteiger partial charge in [-0.2, -0.15) is 4.31 Å². The van der Waals surface area contributed by atoms with Crippen LogP contribution in [-0.4, -0.2) is 44.2 Å². The number of anilines is 1. The number of carbonyl (C=O) groups is 2. The number of fused-ring (bicyclic) bond motifs is 1. The number of piperidine rings is 1. The minimum Gasteiger partial charge on any atom is -0.347 e. The van der Waals surface area contributed by atoms with Crippen LogP contribution in [0.2, 0.25) is 0 Å². The summed E-state index contributed by atoms with van der Waals surface area (Å²) in [6.07, 6.45) is 1.17. The molecule has 0 radical (unpaired) electrons. The van der Waals surface area contributed by atoms with Gasteiger partial charge in [0.25, 0.3) is 0 Å². The third kappa shape index (κ3) is 4.81. The molecule has 3 aromatic carbocycles. The Labute approximate surface area is 187 Å². The van der Waals surface area contributed by atoms with E-state index in [9.17, 15) is 18.0 Å². The highest BCUT2D eigenvalue weighted by molar-refractivity contribution is 7.89. The molecule has 32 heavy (non-hydrogen) atoms. The molecule has 2 amide bonds. The van der Waals surface area contributed by atoms with E-state index in [1.807, 2.05) is 42.5 Å². The Kier molecular flexibility index (Phi) is 6.53. The van der Waals surface area contributed by atoms with Crippen molar-refractivity contribution >= 4 is 38.3 Å². The van der Waals surface area contributed by atoms with Crippen molar-refractivity contribution in [2.45, 2.75) is 17.7 Å². The molecule has 4 rings (SSSR count). The van der Waals surface area contributed by atoms with Crippen LogP contribution >= 0.6 is 0 Å². The van der Waals surface area contributed by atoms with Crippen LogP contribution in [0.15, 0.2) is 77.7 Å². The number of nitrogens with one attached hydrogen (secondary N) is 2. The van der Waals surface area contributed by atoms with Crippen LogP contribution in [0.3, 0.4) is 0 Å². The second-order valence-electron chi connectivity index (χ2n) is 7.81. The lowest BCUT2D eigenvalue weighted by atomic mass is 9.99. The summed E-state index contributed by atoms with van der Waals surface area (Å²) < 4.78 is 27.1. The van der Waals surface area contributed by atoms with Crippen molar-refractivity contribution in [1.82, 2.24) is 9.62 Å². The summed E-state index contributed by atoms with van der Waals surface area (Å²) in [6, 6.07) is 21.6. The third-order valence-electron chi connectivity index (χ3n) is 5.62. The Balaban J connectivity index is 1.35. The normalized spacial score (nSPS) is 17.1. The molecule has 0 spiro atoms. The number of amides is 2. The summed E-state index contributed by atoms with van der Waals surface area (Å²) in [5.74, 6) is -1.14. The van der Waals surface area contributed by atoms with E-state index in [0.717, 1.165) is 10.8 Å². The molecule has 0 unspecified atom stereocenters. The molecule has 0 saturated carbocycles. The Morgan fingerprint density at radius 2 is 1.66 bits per heavy atom. The second kappa shape index (κ2) is 9.50. The molecule has 8 heteroatoms. The number of sulfonamides is 1. The molecule has 1 aliphatic rings. The molecule has 1 fully saturated rings. The highest BCUT2D eigenvalue weighted by Crippen LogP contribution is 2.24. The zero-order chi connectivity index (χ0) is 22.6. The predicted molar refractivity (Wildman–Crippen MR) is 124 cm³/mol. The average Bonchev–Trinajstić information content (AvgIpc) is 2.83. The maximum Gasteiger partial charge on any atom is 0.243 e. The second-order valence-corrected chi connectivity index (χ2v) is 9.75. The summed E-state index contributed by atoms with van der Waals surface area (Å²) in [5.41, 5.74) is 0.681. The van der Waals surface area contributed by atoms with E-state index in [0.29, 0.717) is 25.1 Å². The maximum absolute atomic E-state index is 12.9. The first-order chi connectivity index (χ1) is 15.4. The SMILES string of the molecule is O=C(CNC(=O)[C@@H]1CCCN(S(=O)(=O)c2ccccc2)C1)Nc1cccc2ccccc12. The van der Waals surface area contributed by atoms with E-state index in [4.69, 9.17) is 0 Å². The van der Waals surface area contributed by atoms with E-state index < -0.39 is 15.9 Å². The number of carbonyl (C=O) groups excluding carboxylic acids is 2. The summed E-state index contributed by atoms with van der Waals surface area (Å²) in [6.45, 7) is 0.306. The Morgan fingerprint density at radius 3 is 2.47 bits per heavy atom. The lowest BCUT2D eigenvalue weighted by molar-refractivity contribution is -0.128. The smallest absolute Gasteiger partial charge is 0.243 e. The number of rotatable bonds is 6. The first-order valence-electron chi connectivity index (χ1n) is 10.6. The van der Waals surface area contributed by atoms with Gasteiger partial charge in [-0.25, -0.2) is 8.42 Å². The number of nitrogens with zero attached hydrogens (tertiary/aromatic N) is 1. The van der Waals surface area contributed by atoms with Gasteiger partial charge in [0.1, 0.15) is 0 Å². The number of hydrogen-bond acceptors (Lipinski definition) is 4. The van der Waals surface area contributed by atoms with Crippen LogP contribution < -0.4 is 10.6 Å². The minimum absolute atomic E-state index is 0.105. The van der Waals surface area contributed by atoms with Crippen LogP contribution in [0.4, 0.5) is 5.69 Å². The number of benzene rings is 3. The standard InChI is InChI=1S/C24H25N3O4S/c28-23(26-22-14-6-9-18-8-4-5-13-21(18)22)16-25-24(29)19-10-7-15-27(17-19)32(30,31)20-11-2-1-3-12-20/h1-6,8-9,11-14,19H,7,10,15-17H2,(H,25,29)(H,26,28)/t19-/m1/s1. The molecule has 0 aromatic heterocycles. The van der Waals surface area contributed by atoms with Gasteiger partial charge < -0.3 is 10.6 Å². The molecule has 3 aromatic rings. The molecule has 7 nitrogen and oxygen atoms in total. The minimum atomic E-state index is -3.65. The van der Waals surface area contributed by atoms with Crippen molar-refractivity contribution < 1.29 is 18.0 Å². The van der Waals surface area contributed by atoms with Crippen molar-refractivity contribution in [3.05, 3.63) is 72.8 Å². The largest absolute Gasteiger partial charge is 0.347 e. The van der Waals surface area contributed by atoms with Gasteiger partial charge in [0.05, 0.1) is 17.4 Å². The van der Waals surface area contributed by atoms with Gasteiger partial charge in [-0.3, -0.25) is 9.59 Å². The van der Waals surface area contributed by atoms with Crippen LogP contribution in [0, 0.1) is 5.92 Å². The van der Waals surface area contributed by atoms with E-state index in [-0.39, 0.29) is 29.8 Å². The Morgan fingerprint density at radius 1 is 0.938 bits per heavy atom. The summed E-state index contributed by atoms with van der Waals surface area (Å²) in [7, 11) is -3.65. The van der Waals surface area contributed by atoms with E-state index >= 15 is 0 Å². The topological polar surface area (TPSA) is 95.6 Å². The van der Waals surface area contributed by atoms with E-state index in [2.05, 4.69) is 10.6 Å². The zero-order valence-corrected chi connectivity index (χ0v) is 18.3. The molecule has 1 atom stereocenters. The van der Waals surface area contributed by atoms with Gasteiger partial charge >= 0.3 is 0 Å². The highest BCUT2D eigenvalue weighted by Gasteiger charge is 2.33. The molecule has 1 heterocycles. The van der Waals surface area contributed by atoms with Crippen LogP contribution in [0.1, 0.15) is 12.8 Å². The van der Waals surface area contributed by atoms with E-state index in [1.54, 1.807) is 30.3 Å². The number of hydrogen-bond donors (Lipinski definition) is 2. The fourth-order valence-electron chi connectivity index (χ4n) is 3.96. The third-order valence-corrected chi connectivity index (χ3v) is 7.50. The average molecular weight is 452 g/mol. The van der Waals surface area contributed by atoms with Gasteiger partial charge in [0.2, 0.25) is 21.8 Å². The molecule has 0 aliphatic carbocycles. The summed E-state index contributed by atoms with van der Waals surface area (Å²) >= 11 is 0. The van der Waals surface area contributed by atoms with Crippen molar-refractivity contribution in [1.29, 1.82) is 0 Å². The zero-order valence-electron chi connectivity index (χ0n) is 17.5. The predicted octanol–water partition coefficient (Wildman–Crippen LogP) is 3.00. The van der Waals surface area contributed by atoms with Gasteiger partial charge in [-0.1, -0.05) is 54.6 Å². The molecule has 166 valence electrons. The van der Waals surface area contributed by atoms with Gasteiger partial charge in [-0.05, 0) is 36.4 Å². The van der Waals surface area contributed by atoms with Crippen molar-refractivity contribution in [2.75, 3.05) is 25.0 Å². The van der Waals surface area contributed by atoms with Gasteiger partial charge in [0.15, 0.2) is 0 Å². The lowest BCUT2D eigenvalue weighted by Gasteiger charge is -2.31. The molecular formula is C24H25N3O4S. The fraction of sp³-hybridized carbons (Fsp3) is 0.250. The van der Waals surface area contributed by atoms with Crippen LogP contribution in [0.25, 0.3) is 10.8 Å². The lowest BCUT2D eigenvalue weighted by Crippen LogP contribution is -2.46. The van der Waals surface area contributed by atoms with Crippen molar-refractivity contribution in [3.63, 3.8) is 0 Å². The van der Waals surface area contributed by atoms with E-state index in [1.165, 1.54) is 4.31 Å². The molecule has 1 saturated heterocycles. The fourth-order valence-corrected chi connectivity index (χ4v) is 5.50. The van der Waals surface area contributed by atoms with Crippen molar-refractivity contribution in [2.24, 2.45) is 5.92 Å². The Hall–Kier alpha value is -3.23. The van der Waals surface area contributed by atoms with Gasteiger partial charge in [0, 0.05) is 24.2 Å². The quantitative estimate of drug-likeness (QED) is 0.602. The highest BCUT2D eigenvalue weighted by atomic mass is 32.2. The summed E-state index contributed by atoms with van der Waals surface area (Å²) in [5, 5.41) is 7.43. The molecular weight excluding hydrogens is 426 g/mol. The first kappa shape index (κ1) is 22.0. The Bertz CT molecular complexity index is 1220. The molecule has 2 N–H and O–H groups in total. The maximum atomic E-state index is 12.9. The molecule has 0 bridgehead atoms. The molecule has 1 aliphatic heterocycles. The summed E-state index contributed by atoms with van der Waals surface area (Å²) in [4.78, 5) is 25.3.